The van der Waals surface area contributed by atoms with Crippen LogP contribution in [0.2, 0.25) is 0 Å². The van der Waals surface area contributed by atoms with Gasteiger partial charge in [0.15, 0.2) is 9.84 Å². The maximum atomic E-state index is 11.9. The van der Waals surface area contributed by atoms with E-state index in [2.05, 4.69) is 0 Å². The molecule has 2 aliphatic rings. The average molecular weight is 198 g/mol. The first-order chi connectivity index (χ1) is 6.21. The highest BCUT2D eigenvalue weighted by molar-refractivity contribution is 7.99. The van der Waals surface area contributed by atoms with Crippen molar-refractivity contribution in [3.05, 3.63) is 22.0 Å². The number of rotatable bonds is 2. The Morgan fingerprint density at radius 3 is 1.69 bits per heavy atom. The van der Waals surface area contributed by atoms with Crippen LogP contribution in [0.1, 0.15) is 38.5 Å². The Balaban J connectivity index is 2.29. The molecule has 0 aromatic carbocycles. The molecule has 0 aromatic heterocycles. The van der Waals surface area contributed by atoms with Crippen molar-refractivity contribution in [3.8, 4) is 0 Å². The standard InChI is InChI=1S/C10H14O2S/c11-13(12,9-5-1-2-6-9)10-7-3-4-8-10/h5,7H,1-4,6,8H2. The van der Waals surface area contributed by atoms with Crippen molar-refractivity contribution in [2.45, 2.75) is 38.5 Å². The van der Waals surface area contributed by atoms with E-state index in [0.717, 1.165) is 38.5 Å². The Labute approximate surface area is 79.3 Å². The molecule has 0 aliphatic heterocycles. The van der Waals surface area contributed by atoms with Gasteiger partial charge in [0.25, 0.3) is 0 Å². The fourth-order valence-corrected chi connectivity index (χ4v) is 3.78. The molecule has 0 bridgehead atoms. The maximum Gasteiger partial charge on any atom is 0.198 e. The quantitative estimate of drug-likeness (QED) is 0.683. The van der Waals surface area contributed by atoms with E-state index in [1.807, 2.05) is 12.2 Å². The summed E-state index contributed by atoms with van der Waals surface area (Å²) >= 11 is 0. The van der Waals surface area contributed by atoms with Crippen molar-refractivity contribution >= 4 is 9.84 Å². The van der Waals surface area contributed by atoms with Crippen LogP contribution in [0, 0.1) is 0 Å². The smallest absolute Gasteiger partial charge is 0.198 e. The van der Waals surface area contributed by atoms with Crippen LogP contribution in [0.25, 0.3) is 0 Å². The summed E-state index contributed by atoms with van der Waals surface area (Å²) in [7, 11) is -3.02. The second kappa shape index (κ2) is 3.29. The average Bonchev–Trinajstić information content (AvgIpc) is 2.78. The lowest BCUT2D eigenvalue weighted by Crippen LogP contribution is -2.04. The minimum absolute atomic E-state index is 0.667. The number of allylic oxidation sites excluding steroid dienone is 4. The third kappa shape index (κ3) is 1.57. The molecule has 0 radical (unpaired) electrons. The topological polar surface area (TPSA) is 34.1 Å². The van der Waals surface area contributed by atoms with Gasteiger partial charge in [-0.15, -0.1) is 0 Å². The molecule has 13 heavy (non-hydrogen) atoms. The lowest BCUT2D eigenvalue weighted by atomic mass is 10.4. The highest BCUT2D eigenvalue weighted by Gasteiger charge is 2.26. The van der Waals surface area contributed by atoms with E-state index >= 15 is 0 Å². The Morgan fingerprint density at radius 1 is 0.923 bits per heavy atom. The number of hydrogen-bond acceptors (Lipinski definition) is 2. The van der Waals surface area contributed by atoms with Crippen LogP contribution in [0.5, 0.6) is 0 Å². The molecule has 2 rings (SSSR count). The second-order valence-electron chi connectivity index (χ2n) is 3.63. The van der Waals surface area contributed by atoms with Gasteiger partial charge in [0.2, 0.25) is 0 Å². The molecule has 2 nitrogen and oxygen atoms in total. The maximum absolute atomic E-state index is 11.9. The highest BCUT2D eigenvalue weighted by atomic mass is 32.2. The van der Waals surface area contributed by atoms with E-state index in [4.69, 9.17) is 0 Å². The first kappa shape index (κ1) is 9.00. The zero-order valence-electron chi connectivity index (χ0n) is 7.62. The van der Waals surface area contributed by atoms with Crippen LogP contribution in [-0.4, -0.2) is 8.42 Å². The molecule has 3 heteroatoms. The number of hydrogen-bond donors (Lipinski definition) is 0. The predicted molar refractivity (Wildman–Crippen MR) is 52.8 cm³/mol. The van der Waals surface area contributed by atoms with Gasteiger partial charge in [-0.05, 0) is 38.5 Å². The lowest BCUT2D eigenvalue weighted by molar-refractivity contribution is 0.605. The van der Waals surface area contributed by atoms with Crippen LogP contribution >= 0.6 is 0 Å². The Morgan fingerprint density at radius 2 is 1.38 bits per heavy atom. The molecule has 0 saturated carbocycles. The van der Waals surface area contributed by atoms with Crippen LogP contribution in [0.15, 0.2) is 22.0 Å². The van der Waals surface area contributed by atoms with Gasteiger partial charge in [0.05, 0.1) is 0 Å². The molecule has 2 aliphatic carbocycles. The summed E-state index contributed by atoms with van der Waals surface area (Å²) in [6.07, 6.45) is 9.13. The van der Waals surface area contributed by atoms with Gasteiger partial charge in [-0.25, -0.2) is 8.42 Å². The van der Waals surface area contributed by atoms with E-state index in [1.165, 1.54) is 0 Å². The molecule has 0 aromatic rings. The first-order valence-corrected chi connectivity index (χ1v) is 6.33. The lowest BCUT2D eigenvalue weighted by Gasteiger charge is -2.04. The van der Waals surface area contributed by atoms with Crippen molar-refractivity contribution in [3.63, 3.8) is 0 Å². The molecule has 0 N–H and O–H groups in total. The van der Waals surface area contributed by atoms with Crippen molar-refractivity contribution < 1.29 is 8.42 Å². The van der Waals surface area contributed by atoms with Gasteiger partial charge < -0.3 is 0 Å². The predicted octanol–water partition coefficient (Wildman–Crippen LogP) is 2.54. The summed E-state index contributed by atoms with van der Waals surface area (Å²) in [5, 5.41) is 0. The first-order valence-electron chi connectivity index (χ1n) is 4.84. The molecular formula is C10H14O2S. The normalized spacial score (nSPS) is 23.1. The molecule has 0 amide bonds. The molecule has 72 valence electrons. The SMILES string of the molecule is O=S(=O)(C1=CCCC1)C1=CCCC1. The third-order valence-corrected chi connectivity index (χ3v) is 4.81. The summed E-state index contributed by atoms with van der Waals surface area (Å²) in [6.45, 7) is 0. The van der Waals surface area contributed by atoms with E-state index < -0.39 is 9.84 Å². The molecule has 0 spiro atoms. The van der Waals surface area contributed by atoms with Gasteiger partial charge in [-0.1, -0.05) is 12.2 Å². The molecule has 0 heterocycles. The van der Waals surface area contributed by atoms with Gasteiger partial charge in [0, 0.05) is 9.81 Å². The van der Waals surface area contributed by atoms with Crippen LogP contribution < -0.4 is 0 Å². The minimum Gasteiger partial charge on any atom is -0.219 e. The zero-order chi connectivity index (χ0) is 9.31. The van der Waals surface area contributed by atoms with Crippen molar-refractivity contribution in [2.24, 2.45) is 0 Å². The Kier molecular flexibility index (Phi) is 2.28. The molecule has 0 atom stereocenters. The summed E-state index contributed by atoms with van der Waals surface area (Å²) < 4.78 is 23.8. The Hall–Kier alpha value is -0.570. The van der Waals surface area contributed by atoms with E-state index in [-0.39, 0.29) is 0 Å². The Bertz CT molecular complexity index is 330. The largest absolute Gasteiger partial charge is 0.219 e. The van der Waals surface area contributed by atoms with Crippen molar-refractivity contribution in [1.29, 1.82) is 0 Å². The van der Waals surface area contributed by atoms with Gasteiger partial charge in [-0.3, -0.25) is 0 Å². The zero-order valence-corrected chi connectivity index (χ0v) is 8.44. The summed E-state index contributed by atoms with van der Waals surface area (Å²) in [5.74, 6) is 0. The van der Waals surface area contributed by atoms with Crippen molar-refractivity contribution in [2.75, 3.05) is 0 Å². The molecule has 0 fully saturated rings. The monoisotopic (exact) mass is 198 g/mol. The second-order valence-corrected chi connectivity index (χ2v) is 5.68. The van der Waals surface area contributed by atoms with Crippen molar-refractivity contribution in [1.82, 2.24) is 0 Å². The van der Waals surface area contributed by atoms with E-state index in [9.17, 15) is 8.42 Å². The summed E-state index contributed by atoms with van der Waals surface area (Å²) in [5.41, 5.74) is 0. The minimum atomic E-state index is -3.02. The summed E-state index contributed by atoms with van der Waals surface area (Å²) in [6, 6.07) is 0. The van der Waals surface area contributed by atoms with E-state index in [1.54, 1.807) is 0 Å². The molecule has 0 saturated heterocycles. The van der Waals surface area contributed by atoms with Gasteiger partial charge in [-0.2, -0.15) is 0 Å². The van der Waals surface area contributed by atoms with Crippen LogP contribution in [0.3, 0.4) is 0 Å². The molecule has 0 unspecified atom stereocenters. The summed E-state index contributed by atoms with van der Waals surface area (Å²) in [4.78, 5) is 1.33. The van der Waals surface area contributed by atoms with Gasteiger partial charge in [0.1, 0.15) is 0 Å². The fourth-order valence-electron chi connectivity index (χ4n) is 1.94. The van der Waals surface area contributed by atoms with Crippen LogP contribution in [0.4, 0.5) is 0 Å². The third-order valence-electron chi connectivity index (χ3n) is 2.69. The van der Waals surface area contributed by atoms with E-state index in [0.29, 0.717) is 9.81 Å². The highest BCUT2D eigenvalue weighted by Crippen LogP contribution is 2.32. The molecular weight excluding hydrogens is 184 g/mol. The van der Waals surface area contributed by atoms with Crippen LogP contribution in [-0.2, 0) is 9.84 Å². The fraction of sp³-hybridized carbons (Fsp3) is 0.600. The van der Waals surface area contributed by atoms with Gasteiger partial charge >= 0.3 is 0 Å². The number of sulfone groups is 1.